The summed E-state index contributed by atoms with van der Waals surface area (Å²) in [6, 6.07) is 68.2. The van der Waals surface area contributed by atoms with Crippen molar-refractivity contribution in [3.63, 3.8) is 0 Å². The first-order valence-corrected chi connectivity index (χ1v) is 36.4. The van der Waals surface area contributed by atoms with Gasteiger partial charge in [0.05, 0.1) is 22.2 Å². The molecule has 0 N–H and O–H groups in total. The van der Waals surface area contributed by atoms with Crippen LogP contribution in [0.4, 0.5) is 0 Å². The third-order valence-corrected chi connectivity index (χ3v) is 22.2. The van der Waals surface area contributed by atoms with Gasteiger partial charge in [-0.1, -0.05) is 294 Å². The highest BCUT2D eigenvalue weighted by atomic mass is 15.0. The standard InChI is InChI=1S/C94H101BN4/c1-87(2,3)61-37-56(38-62(49-61)88(4,5)6)54-29-35-77-72(45-54)81-69(58-41-65(91(13,14)15)51-66(42-58)92(16,17)18)31-33-74-85(81)98(77)79-47-60(84-71-27-25-26-28-76(71)96-53-97-84)48-80-83(79)95(74)75-34-32-70(59-43-67(93(19,20)21)52-68(44-59)94(22,23)24)82-73-46-55(30-36-78(73)99(80)86(75)82)57-39-63(89(7,8)9)50-64(40-57)90(10,11)12/h25-53H,1-24H3. The maximum atomic E-state index is 5.30. The lowest BCUT2D eigenvalue weighted by atomic mass is 9.34. The molecule has 0 aliphatic carbocycles. The van der Waals surface area contributed by atoms with Crippen molar-refractivity contribution in [2.45, 2.75) is 209 Å². The summed E-state index contributed by atoms with van der Waals surface area (Å²) in [5.41, 5.74) is 34.2. The molecule has 500 valence electrons. The lowest BCUT2D eigenvalue weighted by Gasteiger charge is -2.34. The lowest BCUT2D eigenvalue weighted by molar-refractivity contribution is 0.568. The Morgan fingerprint density at radius 3 is 0.960 bits per heavy atom. The summed E-state index contributed by atoms with van der Waals surface area (Å²) in [5, 5.41) is 6.10. The molecule has 4 nitrogen and oxygen atoms in total. The molecule has 0 bridgehead atoms. The second-order valence-corrected chi connectivity index (χ2v) is 37.8. The van der Waals surface area contributed by atoms with E-state index in [9.17, 15) is 0 Å². The van der Waals surface area contributed by atoms with Crippen molar-refractivity contribution < 1.29 is 0 Å². The van der Waals surface area contributed by atoms with Crippen molar-refractivity contribution in [2.24, 2.45) is 0 Å². The molecule has 13 aromatic rings. The Bertz CT molecular complexity index is 5130. The molecule has 2 aliphatic heterocycles. The van der Waals surface area contributed by atoms with Crippen LogP contribution in [-0.2, 0) is 43.3 Å². The van der Waals surface area contributed by atoms with Crippen LogP contribution in [-0.4, -0.2) is 25.8 Å². The van der Waals surface area contributed by atoms with Gasteiger partial charge in [0.25, 0.3) is 6.71 Å². The van der Waals surface area contributed by atoms with Gasteiger partial charge in [-0.25, -0.2) is 9.97 Å². The smallest absolute Gasteiger partial charge is 0.252 e. The molecule has 0 atom stereocenters. The minimum atomic E-state index is -0.139. The van der Waals surface area contributed by atoms with Crippen molar-refractivity contribution in [1.29, 1.82) is 0 Å². The Kier molecular flexibility index (Phi) is 14.6. The molecule has 0 saturated heterocycles. The van der Waals surface area contributed by atoms with Crippen molar-refractivity contribution in [3.8, 4) is 67.1 Å². The summed E-state index contributed by atoms with van der Waals surface area (Å²) in [7, 11) is 0. The van der Waals surface area contributed by atoms with Gasteiger partial charge < -0.3 is 9.13 Å². The van der Waals surface area contributed by atoms with Crippen molar-refractivity contribution >= 4 is 77.6 Å². The maximum absolute atomic E-state index is 5.30. The van der Waals surface area contributed by atoms with E-state index in [0.717, 1.165) is 22.2 Å². The van der Waals surface area contributed by atoms with E-state index in [1.165, 1.54) is 160 Å². The molecule has 0 radical (unpaired) electrons. The van der Waals surface area contributed by atoms with Gasteiger partial charge in [0.15, 0.2) is 0 Å². The third-order valence-electron chi connectivity index (χ3n) is 22.2. The van der Waals surface area contributed by atoms with E-state index >= 15 is 0 Å². The molecule has 99 heavy (non-hydrogen) atoms. The minimum Gasteiger partial charge on any atom is -0.310 e. The maximum Gasteiger partial charge on any atom is 0.252 e. The first kappa shape index (κ1) is 66.1. The van der Waals surface area contributed by atoms with Gasteiger partial charge in [0.2, 0.25) is 0 Å². The summed E-state index contributed by atoms with van der Waals surface area (Å²) < 4.78 is 5.36. The van der Waals surface area contributed by atoms with Crippen LogP contribution >= 0.6 is 0 Å². The van der Waals surface area contributed by atoms with Crippen LogP contribution in [0.5, 0.6) is 0 Å². The Labute approximate surface area is 590 Å². The SMILES string of the molecule is CC(C)(C)c1cc(-c2ccc3c(c2)c2c(-c4cc(C(C)(C)C)cc(C(C)(C)C)c4)ccc4c2n3-c2cc(-c3ncnc5ccccc35)cc3c2B4c2ccc(-c4cc(C(C)(C)C)cc(C(C)(C)C)c4)c4c5cc(-c6cc(C(C)(C)C)cc(C(C)(C)C)c6)ccc5n-3c24)cc(C(C)(C)C)c1. The molecular formula is C94H101BN4. The zero-order chi connectivity index (χ0) is 70.7. The molecule has 10 aromatic carbocycles. The molecule has 0 fully saturated rings. The van der Waals surface area contributed by atoms with Gasteiger partial charge in [-0.3, -0.25) is 0 Å². The largest absolute Gasteiger partial charge is 0.310 e. The highest BCUT2D eigenvalue weighted by molar-refractivity contribution is 7.00. The van der Waals surface area contributed by atoms with Gasteiger partial charge in [-0.05, 0) is 191 Å². The van der Waals surface area contributed by atoms with Crippen LogP contribution < -0.4 is 16.4 Å². The molecule has 2 aliphatic rings. The monoisotopic (exact) mass is 1300 g/mol. The van der Waals surface area contributed by atoms with Gasteiger partial charge in [0, 0.05) is 54.9 Å². The highest BCUT2D eigenvalue weighted by Crippen LogP contribution is 2.49. The number of nitrogens with zero attached hydrogens (tertiary/aromatic N) is 4. The summed E-state index contributed by atoms with van der Waals surface area (Å²) in [6.45, 7) is 56.5. The highest BCUT2D eigenvalue weighted by Gasteiger charge is 2.43. The fourth-order valence-electron chi connectivity index (χ4n) is 15.9. The lowest BCUT2D eigenvalue weighted by Crippen LogP contribution is -2.59. The molecule has 0 spiro atoms. The quantitative estimate of drug-likeness (QED) is 0.161. The summed E-state index contributed by atoms with van der Waals surface area (Å²) in [5.74, 6) is 0. The zero-order valence-electron chi connectivity index (χ0n) is 63.6. The van der Waals surface area contributed by atoms with Crippen LogP contribution in [0, 0.1) is 0 Å². The van der Waals surface area contributed by atoms with Crippen LogP contribution in [0.2, 0.25) is 0 Å². The number of para-hydroxylation sites is 1. The third kappa shape index (κ3) is 11.0. The fourth-order valence-corrected chi connectivity index (χ4v) is 15.9. The summed E-state index contributed by atoms with van der Waals surface area (Å²) in [4.78, 5) is 10.2. The van der Waals surface area contributed by atoms with Gasteiger partial charge in [-0.2, -0.15) is 0 Å². The second-order valence-electron chi connectivity index (χ2n) is 37.8. The zero-order valence-corrected chi connectivity index (χ0v) is 63.6. The average Bonchev–Trinajstić information content (AvgIpc) is 1.54. The van der Waals surface area contributed by atoms with Crippen molar-refractivity contribution in [3.05, 3.63) is 221 Å². The van der Waals surface area contributed by atoms with Crippen molar-refractivity contribution in [2.75, 3.05) is 0 Å². The van der Waals surface area contributed by atoms with E-state index < -0.39 is 0 Å². The van der Waals surface area contributed by atoms with Crippen molar-refractivity contribution in [1.82, 2.24) is 19.1 Å². The van der Waals surface area contributed by atoms with Crippen LogP contribution in [0.15, 0.2) is 176 Å². The van der Waals surface area contributed by atoms with E-state index in [-0.39, 0.29) is 50.0 Å². The predicted molar refractivity (Wildman–Crippen MR) is 430 cm³/mol. The topological polar surface area (TPSA) is 35.6 Å². The summed E-state index contributed by atoms with van der Waals surface area (Å²) >= 11 is 0. The Morgan fingerprint density at radius 1 is 0.283 bits per heavy atom. The Morgan fingerprint density at radius 2 is 0.616 bits per heavy atom. The van der Waals surface area contributed by atoms with E-state index in [0.29, 0.717) is 0 Å². The normalized spacial score (nSPS) is 13.8. The molecule has 3 aromatic heterocycles. The van der Waals surface area contributed by atoms with E-state index in [2.05, 4.69) is 345 Å². The number of hydrogen-bond acceptors (Lipinski definition) is 2. The number of benzene rings is 10. The number of rotatable bonds is 5. The molecular weight excluding hydrogens is 1200 g/mol. The van der Waals surface area contributed by atoms with Gasteiger partial charge >= 0.3 is 0 Å². The molecule has 5 heteroatoms. The number of fused-ring (bicyclic) bond motifs is 11. The molecule has 0 saturated carbocycles. The van der Waals surface area contributed by atoms with Gasteiger partial charge in [-0.15, -0.1) is 0 Å². The second kappa shape index (κ2) is 21.9. The summed E-state index contributed by atoms with van der Waals surface area (Å²) in [6.07, 6.45) is 1.76. The number of aromatic nitrogens is 4. The molecule has 15 rings (SSSR count). The Balaban J connectivity index is 1.13. The number of hydrogen-bond donors (Lipinski definition) is 0. The minimum absolute atomic E-state index is 0.0502. The first-order chi connectivity index (χ1) is 46.1. The molecule has 0 amide bonds. The predicted octanol–water partition coefficient (Wildman–Crippen LogP) is 23.7. The van der Waals surface area contributed by atoms with E-state index in [1.807, 2.05) is 0 Å². The Hall–Kier alpha value is -8.80. The van der Waals surface area contributed by atoms with E-state index in [4.69, 9.17) is 9.97 Å². The fraction of sp³-hybridized carbons (Fsp3) is 0.340. The van der Waals surface area contributed by atoms with Crippen LogP contribution in [0.1, 0.15) is 211 Å². The first-order valence-electron chi connectivity index (χ1n) is 36.4. The van der Waals surface area contributed by atoms with E-state index in [1.54, 1.807) is 6.33 Å². The molecule has 0 unspecified atom stereocenters. The van der Waals surface area contributed by atoms with Crippen LogP contribution in [0.3, 0.4) is 0 Å². The van der Waals surface area contributed by atoms with Crippen LogP contribution in [0.25, 0.3) is 122 Å². The van der Waals surface area contributed by atoms with Gasteiger partial charge in [0.1, 0.15) is 6.33 Å². The molecule has 5 heterocycles. The average molecular weight is 1300 g/mol.